The van der Waals surface area contributed by atoms with Gasteiger partial charge in [-0.2, -0.15) is 0 Å². The van der Waals surface area contributed by atoms with Crippen LogP contribution in [0.15, 0.2) is 30.3 Å². The molecule has 5 heteroatoms. The van der Waals surface area contributed by atoms with Gasteiger partial charge < -0.3 is 15.7 Å². The minimum absolute atomic E-state index is 0.100. The van der Waals surface area contributed by atoms with E-state index in [1.807, 2.05) is 6.07 Å². The average molecular weight is 345 g/mol. The molecule has 2 amide bonds. The Morgan fingerprint density at radius 3 is 2.72 bits per heavy atom. The lowest BCUT2D eigenvalue weighted by molar-refractivity contribution is -0.0389. The van der Waals surface area contributed by atoms with Crippen molar-refractivity contribution in [3.8, 4) is 0 Å². The first-order valence-electron chi connectivity index (χ1n) is 9.59. The molecule has 1 aromatic rings. The monoisotopic (exact) mass is 345 g/mol. The van der Waals surface area contributed by atoms with Crippen LogP contribution in [0.1, 0.15) is 51.0 Å². The Kier molecular flexibility index (Phi) is 5.97. The molecule has 2 fully saturated rings. The second-order valence-electron chi connectivity index (χ2n) is 7.75. The molecule has 0 spiro atoms. The number of hydrogen-bond acceptors (Lipinski definition) is 3. The van der Waals surface area contributed by atoms with Crippen LogP contribution in [0.3, 0.4) is 0 Å². The van der Waals surface area contributed by atoms with E-state index in [9.17, 15) is 9.90 Å². The molecule has 0 aromatic heterocycles. The number of aliphatic hydroxyl groups is 1. The number of rotatable bonds is 6. The third-order valence-corrected chi connectivity index (χ3v) is 5.74. The second-order valence-corrected chi connectivity index (χ2v) is 7.75. The first kappa shape index (κ1) is 18.2. The highest BCUT2D eigenvalue weighted by Gasteiger charge is 2.33. The van der Waals surface area contributed by atoms with Crippen molar-refractivity contribution in [3.63, 3.8) is 0 Å². The van der Waals surface area contributed by atoms with E-state index in [0.717, 1.165) is 45.2 Å². The Hall–Kier alpha value is -1.59. The van der Waals surface area contributed by atoms with Gasteiger partial charge in [0.15, 0.2) is 0 Å². The van der Waals surface area contributed by atoms with Crippen molar-refractivity contribution in [1.82, 2.24) is 15.5 Å². The van der Waals surface area contributed by atoms with E-state index >= 15 is 0 Å². The van der Waals surface area contributed by atoms with E-state index in [4.69, 9.17) is 0 Å². The highest BCUT2D eigenvalue weighted by atomic mass is 16.3. The van der Waals surface area contributed by atoms with E-state index in [-0.39, 0.29) is 12.1 Å². The average Bonchev–Trinajstić information content (AvgIpc) is 2.57. The topological polar surface area (TPSA) is 64.6 Å². The number of amides is 2. The summed E-state index contributed by atoms with van der Waals surface area (Å²) in [7, 11) is 0. The van der Waals surface area contributed by atoms with Gasteiger partial charge in [-0.25, -0.2) is 4.79 Å². The third kappa shape index (κ3) is 5.19. The molecule has 25 heavy (non-hydrogen) atoms. The molecule has 1 saturated carbocycles. The zero-order valence-electron chi connectivity index (χ0n) is 15.2. The van der Waals surface area contributed by atoms with Crippen molar-refractivity contribution in [2.24, 2.45) is 0 Å². The molecule has 0 radical (unpaired) electrons. The molecule has 138 valence electrons. The summed E-state index contributed by atoms with van der Waals surface area (Å²) in [4.78, 5) is 14.5. The van der Waals surface area contributed by atoms with Crippen LogP contribution < -0.4 is 10.6 Å². The van der Waals surface area contributed by atoms with E-state index in [0.29, 0.717) is 19.0 Å². The summed E-state index contributed by atoms with van der Waals surface area (Å²) >= 11 is 0. The molecule has 1 aliphatic heterocycles. The summed E-state index contributed by atoms with van der Waals surface area (Å²) in [6.07, 6.45) is 5.45. The van der Waals surface area contributed by atoms with Gasteiger partial charge in [0, 0.05) is 31.7 Å². The maximum absolute atomic E-state index is 12.1. The van der Waals surface area contributed by atoms with Crippen LogP contribution in [-0.2, 0) is 6.54 Å². The molecule has 2 atom stereocenters. The van der Waals surface area contributed by atoms with Crippen molar-refractivity contribution in [1.29, 1.82) is 0 Å². The maximum atomic E-state index is 12.1. The van der Waals surface area contributed by atoms with Gasteiger partial charge >= 0.3 is 6.03 Å². The summed E-state index contributed by atoms with van der Waals surface area (Å²) in [6, 6.07) is 11.1. The normalized spacial score (nSPS) is 25.8. The lowest BCUT2D eigenvalue weighted by atomic mass is 9.78. The van der Waals surface area contributed by atoms with Gasteiger partial charge in [0.2, 0.25) is 0 Å². The fourth-order valence-corrected chi connectivity index (χ4v) is 3.88. The van der Waals surface area contributed by atoms with Gasteiger partial charge in [0.05, 0.1) is 5.60 Å². The van der Waals surface area contributed by atoms with Gasteiger partial charge in [-0.15, -0.1) is 0 Å². The maximum Gasteiger partial charge on any atom is 0.315 e. The second kappa shape index (κ2) is 8.19. The smallest absolute Gasteiger partial charge is 0.315 e. The van der Waals surface area contributed by atoms with E-state index in [1.54, 1.807) is 0 Å². The van der Waals surface area contributed by atoms with Crippen molar-refractivity contribution < 1.29 is 9.90 Å². The first-order chi connectivity index (χ1) is 12.0. The molecule has 3 N–H and O–H groups in total. The number of piperidine rings is 1. The zero-order chi connectivity index (χ0) is 17.7. The van der Waals surface area contributed by atoms with Crippen molar-refractivity contribution in [2.75, 3.05) is 13.1 Å². The van der Waals surface area contributed by atoms with Gasteiger partial charge in [0.25, 0.3) is 0 Å². The van der Waals surface area contributed by atoms with Crippen molar-refractivity contribution >= 4 is 6.03 Å². The van der Waals surface area contributed by atoms with Crippen molar-refractivity contribution in [2.45, 2.75) is 69.7 Å². The van der Waals surface area contributed by atoms with E-state index in [1.165, 1.54) is 5.56 Å². The molecule has 2 aliphatic rings. The molecule has 0 bridgehead atoms. The fraction of sp³-hybridized carbons (Fsp3) is 0.650. The van der Waals surface area contributed by atoms with Gasteiger partial charge in [-0.1, -0.05) is 30.3 Å². The van der Waals surface area contributed by atoms with E-state index < -0.39 is 5.60 Å². The molecule has 1 heterocycles. The van der Waals surface area contributed by atoms with Crippen LogP contribution in [0.4, 0.5) is 4.79 Å². The standard InChI is InChI=1S/C20H31N3O2/c1-16-14-18(8-13-23(16)15-17-6-3-2-4-7-17)22-19(24)21-12-11-20(25)9-5-10-20/h2-4,6-7,16,18,25H,5,8-15H2,1H3,(H2,21,22,24). The fourth-order valence-electron chi connectivity index (χ4n) is 3.88. The molecule has 1 aromatic carbocycles. The Morgan fingerprint density at radius 1 is 1.32 bits per heavy atom. The predicted octanol–water partition coefficient (Wildman–Crippen LogP) is 2.64. The largest absolute Gasteiger partial charge is 0.390 e. The number of carbonyl (C=O) groups excluding carboxylic acids is 1. The molecule has 5 nitrogen and oxygen atoms in total. The summed E-state index contributed by atoms with van der Waals surface area (Å²) in [5.74, 6) is 0. The number of carbonyl (C=O) groups is 1. The third-order valence-electron chi connectivity index (χ3n) is 5.74. The lowest BCUT2D eigenvalue weighted by Crippen LogP contribution is -2.51. The molecule has 1 aliphatic carbocycles. The number of nitrogens with one attached hydrogen (secondary N) is 2. The first-order valence-corrected chi connectivity index (χ1v) is 9.59. The van der Waals surface area contributed by atoms with Gasteiger partial charge in [-0.3, -0.25) is 4.90 Å². The molecular formula is C20H31N3O2. The highest BCUT2D eigenvalue weighted by Crippen LogP contribution is 2.34. The van der Waals surface area contributed by atoms with Crippen LogP contribution in [0, 0.1) is 0 Å². The summed E-state index contributed by atoms with van der Waals surface area (Å²) in [5.41, 5.74) is 0.817. The highest BCUT2D eigenvalue weighted by molar-refractivity contribution is 5.74. The van der Waals surface area contributed by atoms with Crippen LogP contribution in [0.5, 0.6) is 0 Å². The molecular weight excluding hydrogens is 314 g/mol. The molecule has 2 unspecified atom stereocenters. The summed E-state index contributed by atoms with van der Waals surface area (Å²) in [6.45, 7) is 4.76. The van der Waals surface area contributed by atoms with Crippen LogP contribution in [-0.4, -0.2) is 46.8 Å². The predicted molar refractivity (Wildman–Crippen MR) is 99.3 cm³/mol. The number of nitrogens with zero attached hydrogens (tertiary/aromatic N) is 1. The lowest BCUT2D eigenvalue weighted by Gasteiger charge is -2.38. The summed E-state index contributed by atoms with van der Waals surface area (Å²) in [5, 5.41) is 16.0. The van der Waals surface area contributed by atoms with Crippen molar-refractivity contribution in [3.05, 3.63) is 35.9 Å². The summed E-state index contributed by atoms with van der Waals surface area (Å²) < 4.78 is 0. The minimum Gasteiger partial charge on any atom is -0.390 e. The minimum atomic E-state index is -0.523. The van der Waals surface area contributed by atoms with Gasteiger partial charge in [-0.05, 0) is 51.0 Å². The Balaban J connectivity index is 1.36. The van der Waals surface area contributed by atoms with Crippen LogP contribution in [0.25, 0.3) is 0 Å². The van der Waals surface area contributed by atoms with Crippen LogP contribution >= 0.6 is 0 Å². The number of urea groups is 1. The Morgan fingerprint density at radius 2 is 2.08 bits per heavy atom. The zero-order valence-corrected chi connectivity index (χ0v) is 15.2. The molecule has 1 saturated heterocycles. The number of likely N-dealkylation sites (tertiary alicyclic amines) is 1. The van der Waals surface area contributed by atoms with Gasteiger partial charge in [0.1, 0.15) is 0 Å². The number of hydrogen-bond donors (Lipinski definition) is 3. The molecule has 3 rings (SSSR count). The Labute approximate surface area is 150 Å². The SMILES string of the molecule is CC1CC(NC(=O)NCCC2(O)CCC2)CCN1Cc1ccccc1. The quantitative estimate of drug-likeness (QED) is 0.743. The Bertz CT molecular complexity index is 559. The van der Waals surface area contributed by atoms with Crippen LogP contribution in [0.2, 0.25) is 0 Å². The number of benzene rings is 1. The van der Waals surface area contributed by atoms with E-state index in [2.05, 4.69) is 46.7 Å².